The fourth-order valence-corrected chi connectivity index (χ4v) is 1.34. The number of nitrogens with zero attached hydrogens (tertiary/aromatic N) is 3. The first-order valence-electron chi connectivity index (χ1n) is 4.58. The molecule has 3 nitrogen and oxygen atoms in total. The van der Waals surface area contributed by atoms with E-state index in [1.165, 1.54) is 12.8 Å². The maximum atomic E-state index is 5.80. The van der Waals surface area contributed by atoms with Crippen LogP contribution in [-0.4, -0.2) is 15.0 Å². The molecular weight excluding hydrogens is 186 g/mol. The molecule has 0 radical (unpaired) electrons. The highest BCUT2D eigenvalue weighted by atomic mass is 35.5. The third-order valence-corrected chi connectivity index (χ3v) is 2.27. The molecule has 0 spiro atoms. The molecule has 1 heterocycles. The van der Waals surface area contributed by atoms with Crippen molar-refractivity contribution in [3.63, 3.8) is 0 Å². The summed E-state index contributed by atoms with van der Waals surface area (Å²) >= 11 is 5.80. The zero-order chi connectivity index (χ0) is 9.42. The molecule has 0 unspecified atom stereocenters. The number of rotatable bonds is 2. The SMILES string of the molecule is CC(C)c1nc(Cl)nc(C2CC2)n1. The van der Waals surface area contributed by atoms with Gasteiger partial charge in [-0.05, 0) is 24.4 Å². The van der Waals surface area contributed by atoms with Crippen LogP contribution in [0.5, 0.6) is 0 Å². The Morgan fingerprint density at radius 1 is 1.23 bits per heavy atom. The van der Waals surface area contributed by atoms with E-state index in [2.05, 4.69) is 28.8 Å². The normalized spacial score (nSPS) is 16.6. The predicted octanol–water partition coefficient (Wildman–Crippen LogP) is 2.53. The second-order valence-corrected chi connectivity index (χ2v) is 4.09. The highest BCUT2D eigenvalue weighted by Crippen LogP contribution is 2.38. The van der Waals surface area contributed by atoms with Crippen molar-refractivity contribution in [2.45, 2.75) is 38.5 Å². The monoisotopic (exact) mass is 197 g/mol. The molecule has 0 aromatic carbocycles. The smallest absolute Gasteiger partial charge is 0.217 e. The maximum absolute atomic E-state index is 5.80. The van der Waals surface area contributed by atoms with Crippen LogP contribution in [0.1, 0.15) is 50.2 Å². The first-order valence-corrected chi connectivity index (χ1v) is 4.96. The molecule has 0 amide bonds. The average Bonchev–Trinajstić information content (AvgIpc) is 2.85. The van der Waals surface area contributed by atoms with Gasteiger partial charge in [0.1, 0.15) is 11.6 Å². The lowest BCUT2D eigenvalue weighted by molar-refractivity contribution is 0.731. The summed E-state index contributed by atoms with van der Waals surface area (Å²) in [7, 11) is 0. The number of halogens is 1. The third-order valence-electron chi connectivity index (χ3n) is 2.10. The highest BCUT2D eigenvalue weighted by Gasteiger charge is 2.27. The largest absolute Gasteiger partial charge is 0.225 e. The minimum absolute atomic E-state index is 0.318. The van der Waals surface area contributed by atoms with Crippen LogP contribution in [0, 0.1) is 0 Å². The van der Waals surface area contributed by atoms with Crippen molar-refractivity contribution in [3.05, 3.63) is 16.9 Å². The lowest BCUT2D eigenvalue weighted by Crippen LogP contribution is -2.03. The topological polar surface area (TPSA) is 38.7 Å². The molecule has 70 valence electrons. The zero-order valence-electron chi connectivity index (χ0n) is 7.79. The lowest BCUT2D eigenvalue weighted by Gasteiger charge is -2.05. The van der Waals surface area contributed by atoms with Gasteiger partial charge in [-0.3, -0.25) is 0 Å². The van der Waals surface area contributed by atoms with Crippen molar-refractivity contribution in [1.29, 1.82) is 0 Å². The fraction of sp³-hybridized carbons (Fsp3) is 0.667. The van der Waals surface area contributed by atoms with Crippen molar-refractivity contribution in [2.24, 2.45) is 0 Å². The molecule has 2 rings (SSSR count). The van der Waals surface area contributed by atoms with Gasteiger partial charge in [0.25, 0.3) is 0 Å². The number of hydrogen-bond acceptors (Lipinski definition) is 3. The molecular formula is C9H12ClN3. The summed E-state index contributed by atoms with van der Waals surface area (Å²) in [5.41, 5.74) is 0. The number of aromatic nitrogens is 3. The first-order chi connectivity index (χ1) is 6.16. The van der Waals surface area contributed by atoms with Crippen LogP contribution in [0.4, 0.5) is 0 Å². The molecule has 1 aromatic heterocycles. The van der Waals surface area contributed by atoms with Gasteiger partial charge >= 0.3 is 0 Å². The molecule has 1 aliphatic rings. The molecule has 4 heteroatoms. The summed E-state index contributed by atoms with van der Waals surface area (Å²) in [6.07, 6.45) is 2.38. The van der Waals surface area contributed by atoms with Gasteiger partial charge in [-0.2, -0.15) is 0 Å². The molecule has 0 N–H and O–H groups in total. The molecule has 1 aliphatic carbocycles. The summed E-state index contributed by atoms with van der Waals surface area (Å²) in [4.78, 5) is 12.6. The van der Waals surface area contributed by atoms with Crippen LogP contribution in [0.3, 0.4) is 0 Å². The van der Waals surface area contributed by atoms with Crippen molar-refractivity contribution in [3.8, 4) is 0 Å². The van der Waals surface area contributed by atoms with Gasteiger partial charge in [-0.25, -0.2) is 15.0 Å². The second kappa shape index (κ2) is 3.22. The predicted molar refractivity (Wildman–Crippen MR) is 50.9 cm³/mol. The first kappa shape index (κ1) is 8.88. The van der Waals surface area contributed by atoms with Gasteiger partial charge in [-0.1, -0.05) is 13.8 Å². The maximum Gasteiger partial charge on any atom is 0.225 e. The van der Waals surface area contributed by atoms with Gasteiger partial charge in [0.05, 0.1) is 0 Å². The van der Waals surface area contributed by atoms with Crippen LogP contribution < -0.4 is 0 Å². The summed E-state index contributed by atoms with van der Waals surface area (Å²) < 4.78 is 0. The average molecular weight is 198 g/mol. The minimum Gasteiger partial charge on any atom is -0.217 e. The van der Waals surface area contributed by atoms with Gasteiger partial charge in [-0.15, -0.1) is 0 Å². The molecule has 1 saturated carbocycles. The Morgan fingerprint density at radius 3 is 2.46 bits per heavy atom. The van der Waals surface area contributed by atoms with E-state index < -0.39 is 0 Å². The lowest BCUT2D eigenvalue weighted by atomic mass is 10.2. The van der Waals surface area contributed by atoms with Gasteiger partial charge in [0.2, 0.25) is 5.28 Å². The fourth-order valence-electron chi connectivity index (χ4n) is 1.16. The Labute approximate surface area is 82.6 Å². The van der Waals surface area contributed by atoms with Crippen molar-refractivity contribution >= 4 is 11.6 Å². The van der Waals surface area contributed by atoms with E-state index in [1.807, 2.05) is 0 Å². The Bertz CT molecular complexity index is 300. The molecule has 1 aromatic rings. The molecule has 13 heavy (non-hydrogen) atoms. The molecule has 0 aliphatic heterocycles. The summed E-state index contributed by atoms with van der Waals surface area (Å²) in [5, 5.41) is 0.334. The molecule has 0 saturated heterocycles. The standard InChI is InChI=1S/C9H12ClN3/c1-5(2)7-11-8(6-3-4-6)13-9(10)12-7/h5-6H,3-4H2,1-2H3. The molecule has 0 atom stereocenters. The minimum atomic E-state index is 0.318. The van der Waals surface area contributed by atoms with E-state index in [0.29, 0.717) is 17.1 Å². The van der Waals surface area contributed by atoms with Crippen molar-refractivity contribution in [1.82, 2.24) is 15.0 Å². The van der Waals surface area contributed by atoms with E-state index in [-0.39, 0.29) is 0 Å². The van der Waals surface area contributed by atoms with E-state index >= 15 is 0 Å². The number of hydrogen-bond donors (Lipinski definition) is 0. The summed E-state index contributed by atoms with van der Waals surface area (Å²) in [6.45, 7) is 4.12. The molecule has 1 fully saturated rings. The van der Waals surface area contributed by atoms with Crippen molar-refractivity contribution in [2.75, 3.05) is 0 Å². The Morgan fingerprint density at radius 2 is 1.92 bits per heavy atom. The van der Waals surface area contributed by atoms with Crippen LogP contribution in [0.15, 0.2) is 0 Å². The summed E-state index contributed by atoms with van der Waals surface area (Å²) in [5.74, 6) is 2.54. The van der Waals surface area contributed by atoms with E-state index in [9.17, 15) is 0 Å². The highest BCUT2D eigenvalue weighted by molar-refractivity contribution is 6.28. The van der Waals surface area contributed by atoms with Crippen LogP contribution in [-0.2, 0) is 0 Å². The Hall–Kier alpha value is -0.700. The Kier molecular flexibility index (Phi) is 2.20. The van der Waals surface area contributed by atoms with E-state index in [0.717, 1.165) is 11.6 Å². The quantitative estimate of drug-likeness (QED) is 0.732. The second-order valence-electron chi connectivity index (χ2n) is 3.75. The van der Waals surface area contributed by atoms with Crippen LogP contribution in [0.2, 0.25) is 5.28 Å². The van der Waals surface area contributed by atoms with Gasteiger partial charge in [0, 0.05) is 11.8 Å². The van der Waals surface area contributed by atoms with Crippen molar-refractivity contribution < 1.29 is 0 Å². The van der Waals surface area contributed by atoms with Gasteiger partial charge in [0.15, 0.2) is 0 Å². The molecule has 0 bridgehead atoms. The van der Waals surface area contributed by atoms with Crippen LogP contribution in [0.25, 0.3) is 0 Å². The van der Waals surface area contributed by atoms with E-state index in [1.54, 1.807) is 0 Å². The summed E-state index contributed by atoms with van der Waals surface area (Å²) in [6, 6.07) is 0. The van der Waals surface area contributed by atoms with Crippen LogP contribution >= 0.6 is 11.6 Å². The van der Waals surface area contributed by atoms with Gasteiger partial charge < -0.3 is 0 Å². The third kappa shape index (κ3) is 1.97. The zero-order valence-corrected chi connectivity index (χ0v) is 8.54. The Balaban J connectivity index is 2.36. The van der Waals surface area contributed by atoms with E-state index in [4.69, 9.17) is 11.6 Å².